The van der Waals surface area contributed by atoms with E-state index < -0.39 is 0 Å². The quantitative estimate of drug-likeness (QED) is 0.527. The van der Waals surface area contributed by atoms with Crippen molar-refractivity contribution in [3.8, 4) is 0 Å². The fourth-order valence-corrected chi connectivity index (χ4v) is 3.13. The number of amides is 1. The highest BCUT2D eigenvalue weighted by Crippen LogP contribution is 2.14. The molecule has 0 spiro atoms. The number of aliphatic imine (C=N–C) groups is 1. The monoisotopic (exact) mass is 394 g/mol. The third-order valence-corrected chi connectivity index (χ3v) is 5.16. The first-order valence-electron chi connectivity index (χ1n) is 10.4. The van der Waals surface area contributed by atoms with Crippen LogP contribution in [0, 0.1) is 6.92 Å². The molecule has 0 aliphatic rings. The lowest BCUT2D eigenvalue weighted by Crippen LogP contribution is -2.38. The summed E-state index contributed by atoms with van der Waals surface area (Å²) < 4.78 is 0. The van der Waals surface area contributed by atoms with Crippen LogP contribution in [0.25, 0.3) is 0 Å². The molecule has 2 rings (SSSR count). The summed E-state index contributed by atoms with van der Waals surface area (Å²) in [4.78, 5) is 18.5. The Morgan fingerprint density at radius 3 is 2.17 bits per heavy atom. The fourth-order valence-electron chi connectivity index (χ4n) is 3.13. The summed E-state index contributed by atoms with van der Waals surface area (Å²) in [7, 11) is 1.78. The van der Waals surface area contributed by atoms with Gasteiger partial charge in [-0.2, -0.15) is 0 Å². The molecule has 0 bridgehead atoms. The smallest absolute Gasteiger partial charge is 0.253 e. The average molecular weight is 395 g/mol. The van der Waals surface area contributed by atoms with E-state index in [0.717, 1.165) is 36.7 Å². The van der Waals surface area contributed by atoms with E-state index in [0.29, 0.717) is 12.5 Å². The highest BCUT2D eigenvalue weighted by Gasteiger charge is 2.12. The molecule has 0 saturated carbocycles. The molecule has 0 aromatic heterocycles. The summed E-state index contributed by atoms with van der Waals surface area (Å²) in [6, 6.07) is 16.4. The molecule has 5 nitrogen and oxygen atoms in total. The molecule has 0 radical (unpaired) electrons. The molecule has 0 heterocycles. The number of aryl methyl sites for hydroxylation is 1. The zero-order valence-corrected chi connectivity index (χ0v) is 18.3. The first-order chi connectivity index (χ1) is 14.0. The fraction of sp³-hybridized carbons (Fsp3) is 0.417. The minimum Gasteiger partial charge on any atom is -0.356 e. The van der Waals surface area contributed by atoms with Gasteiger partial charge in [-0.15, -0.1) is 0 Å². The molecule has 0 aliphatic heterocycles. The van der Waals surface area contributed by atoms with E-state index in [1.807, 2.05) is 43.0 Å². The van der Waals surface area contributed by atoms with Crippen LogP contribution in [0.3, 0.4) is 0 Å². The van der Waals surface area contributed by atoms with Crippen molar-refractivity contribution >= 4 is 11.9 Å². The Hall–Kier alpha value is -2.82. The molecule has 0 saturated heterocycles. The Labute approximate surface area is 175 Å². The first-order valence-corrected chi connectivity index (χ1v) is 10.4. The number of benzene rings is 2. The number of hydrogen-bond donors (Lipinski definition) is 2. The molecule has 1 amide bonds. The molecule has 2 N–H and O–H groups in total. The zero-order valence-electron chi connectivity index (χ0n) is 18.3. The number of nitrogens with one attached hydrogen (secondary N) is 2. The maximum Gasteiger partial charge on any atom is 0.253 e. The van der Waals surface area contributed by atoms with Crippen LogP contribution in [0.15, 0.2) is 53.5 Å². The van der Waals surface area contributed by atoms with Gasteiger partial charge in [0, 0.05) is 38.8 Å². The summed E-state index contributed by atoms with van der Waals surface area (Å²) in [5, 5.41) is 6.73. The third kappa shape index (κ3) is 6.63. The van der Waals surface area contributed by atoms with E-state index in [1.54, 1.807) is 7.05 Å². The standard InChI is InChI=1S/C24H34N4O/c1-6-28(7-2)23(29)22-14-10-20(11-15-22)17-27-24(25-5)26-16-19(4)21-12-8-18(3)9-13-21/h8-15,19H,6-7,16-17H2,1-5H3,(H2,25,26,27). The van der Waals surface area contributed by atoms with Gasteiger partial charge in [0.15, 0.2) is 5.96 Å². The summed E-state index contributed by atoms with van der Waals surface area (Å²) in [6.07, 6.45) is 0. The molecule has 5 heteroatoms. The Kier molecular flexibility index (Phi) is 8.71. The number of hydrogen-bond acceptors (Lipinski definition) is 2. The lowest BCUT2D eigenvalue weighted by Gasteiger charge is -2.19. The van der Waals surface area contributed by atoms with Gasteiger partial charge in [-0.3, -0.25) is 9.79 Å². The Morgan fingerprint density at radius 1 is 1.00 bits per heavy atom. The minimum atomic E-state index is 0.0806. The highest BCUT2D eigenvalue weighted by molar-refractivity contribution is 5.94. The Balaban J connectivity index is 1.85. The van der Waals surface area contributed by atoms with Crippen molar-refractivity contribution in [1.29, 1.82) is 0 Å². The van der Waals surface area contributed by atoms with E-state index >= 15 is 0 Å². The van der Waals surface area contributed by atoms with Crippen LogP contribution >= 0.6 is 0 Å². The lowest BCUT2D eigenvalue weighted by atomic mass is 10.0. The van der Waals surface area contributed by atoms with E-state index in [9.17, 15) is 4.79 Å². The second-order valence-corrected chi connectivity index (χ2v) is 7.29. The number of rotatable bonds is 8. The van der Waals surface area contributed by atoms with Crippen molar-refractivity contribution in [2.24, 2.45) is 4.99 Å². The second-order valence-electron chi connectivity index (χ2n) is 7.29. The molecule has 1 atom stereocenters. The van der Waals surface area contributed by atoms with Crippen LogP contribution in [-0.4, -0.2) is 43.4 Å². The highest BCUT2D eigenvalue weighted by atomic mass is 16.2. The predicted molar refractivity (Wildman–Crippen MR) is 121 cm³/mol. The predicted octanol–water partition coefficient (Wildman–Crippen LogP) is 3.95. The van der Waals surface area contributed by atoms with Crippen LogP contribution in [0.5, 0.6) is 0 Å². The van der Waals surface area contributed by atoms with Gasteiger partial charge in [-0.05, 0) is 49.9 Å². The lowest BCUT2D eigenvalue weighted by molar-refractivity contribution is 0.0773. The van der Waals surface area contributed by atoms with Gasteiger partial charge in [0.2, 0.25) is 0 Å². The first kappa shape index (κ1) is 22.5. The van der Waals surface area contributed by atoms with E-state index in [-0.39, 0.29) is 5.91 Å². The van der Waals surface area contributed by atoms with Gasteiger partial charge in [-0.25, -0.2) is 0 Å². The van der Waals surface area contributed by atoms with Crippen LogP contribution in [0.4, 0.5) is 0 Å². The number of carbonyl (C=O) groups is 1. The molecule has 0 aliphatic carbocycles. The van der Waals surface area contributed by atoms with Crippen molar-refractivity contribution < 1.29 is 4.79 Å². The van der Waals surface area contributed by atoms with E-state index in [4.69, 9.17) is 0 Å². The van der Waals surface area contributed by atoms with Crippen molar-refractivity contribution in [1.82, 2.24) is 15.5 Å². The molecule has 156 valence electrons. The Morgan fingerprint density at radius 2 is 1.62 bits per heavy atom. The van der Waals surface area contributed by atoms with Gasteiger partial charge in [0.1, 0.15) is 0 Å². The molecule has 29 heavy (non-hydrogen) atoms. The zero-order chi connectivity index (χ0) is 21.2. The van der Waals surface area contributed by atoms with Gasteiger partial charge in [0.05, 0.1) is 0 Å². The van der Waals surface area contributed by atoms with Crippen LogP contribution in [0.1, 0.15) is 53.7 Å². The Bertz CT molecular complexity index is 793. The van der Waals surface area contributed by atoms with Crippen LogP contribution in [0.2, 0.25) is 0 Å². The van der Waals surface area contributed by atoms with Gasteiger partial charge < -0.3 is 15.5 Å². The summed E-state index contributed by atoms with van der Waals surface area (Å²) in [6.45, 7) is 11.2. The maximum absolute atomic E-state index is 12.4. The molecule has 2 aromatic carbocycles. The number of nitrogens with zero attached hydrogens (tertiary/aromatic N) is 2. The normalized spacial score (nSPS) is 12.4. The number of carbonyl (C=O) groups excluding carboxylic acids is 1. The van der Waals surface area contributed by atoms with Crippen molar-refractivity contribution in [2.75, 3.05) is 26.7 Å². The van der Waals surface area contributed by atoms with Crippen molar-refractivity contribution in [3.05, 3.63) is 70.8 Å². The summed E-state index contributed by atoms with van der Waals surface area (Å²) >= 11 is 0. The maximum atomic E-state index is 12.4. The topological polar surface area (TPSA) is 56.7 Å². The molecular weight excluding hydrogens is 360 g/mol. The van der Waals surface area contributed by atoms with Gasteiger partial charge in [0.25, 0.3) is 5.91 Å². The molecule has 2 aromatic rings. The van der Waals surface area contributed by atoms with Crippen LogP contribution < -0.4 is 10.6 Å². The van der Waals surface area contributed by atoms with Crippen molar-refractivity contribution in [2.45, 2.75) is 40.2 Å². The summed E-state index contributed by atoms with van der Waals surface area (Å²) in [5.41, 5.74) is 4.42. The molecular formula is C24H34N4O. The van der Waals surface area contributed by atoms with Gasteiger partial charge in [-0.1, -0.05) is 48.9 Å². The van der Waals surface area contributed by atoms with Gasteiger partial charge >= 0.3 is 0 Å². The molecule has 0 fully saturated rings. The van der Waals surface area contributed by atoms with E-state index in [1.165, 1.54) is 11.1 Å². The van der Waals surface area contributed by atoms with Crippen molar-refractivity contribution in [3.63, 3.8) is 0 Å². The van der Waals surface area contributed by atoms with E-state index in [2.05, 4.69) is 53.7 Å². The minimum absolute atomic E-state index is 0.0806. The third-order valence-electron chi connectivity index (χ3n) is 5.16. The van der Waals surface area contributed by atoms with Crippen LogP contribution in [-0.2, 0) is 6.54 Å². The molecule has 1 unspecified atom stereocenters. The SMILES string of the molecule is CCN(CC)C(=O)c1ccc(CNC(=NC)NCC(C)c2ccc(C)cc2)cc1. The number of guanidine groups is 1. The second kappa shape index (κ2) is 11.2. The average Bonchev–Trinajstić information content (AvgIpc) is 2.75. The largest absolute Gasteiger partial charge is 0.356 e. The summed E-state index contributed by atoms with van der Waals surface area (Å²) in [5.74, 6) is 1.24.